The number of aliphatic hydroxyl groups excluding tert-OH is 1. The van der Waals surface area contributed by atoms with E-state index in [1.807, 2.05) is 41.2 Å². The lowest BCUT2D eigenvalue weighted by Gasteiger charge is -2.26. The van der Waals surface area contributed by atoms with E-state index in [-0.39, 0.29) is 6.10 Å². The van der Waals surface area contributed by atoms with Gasteiger partial charge in [0.2, 0.25) is 0 Å². The molecule has 4 rings (SSSR count). The number of imidazole rings is 1. The van der Waals surface area contributed by atoms with Gasteiger partial charge < -0.3 is 10.4 Å². The highest BCUT2D eigenvalue weighted by Crippen LogP contribution is 2.23. The smallest absolute Gasteiger partial charge is 0.154 e. The Balaban J connectivity index is 1.62. The number of nitrogens with one attached hydrogen (secondary N) is 1. The van der Waals surface area contributed by atoms with Crippen LogP contribution in [0.25, 0.3) is 16.9 Å². The molecule has 118 valence electrons. The Hall–Kier alpha value is -2.47. The molecule has 0 atom stereocenters. The molecule has 0 radical (unpaired) electrons. The molecule has 1 aliphatic carbocycles. The minimum atomic E-state index is -0.144. The molecule has 3 heterocycles. The number of pyridine rings is 1. The molecular formula is C17H19N5O. The van der Waals surface area contributed by atoms with Gasteiger partial charge >= 0.3 is 0 Å². The molecule has 6 heteroatoms. The molecule has 0 amide bonds. The Bertz CT molecular complexity index is 793. The summed E-state index contributed by atoms with van der Waals surface area (Å²) in [4.78, 5) is 8.57. The second-order valence-electron chi connectivity index (χ2n) is 6.02. The number of fused-ring (bicyclic) bond motifs is 1. The fourth-order valence-electron chi connectivity index (χ4n) is 3.09. The monoisotopic (exact) mass is 309 g/mol. The van der Waals surface area contributed by atoms with Crippen LogP contribution in [0.2, 0.25) is 0 Å². The van der Waals surface area contributed by atoms with Gasteiger partial charge in [0.25, 0.3) is 0 Å². The number of anilines is 1. The summed E-state index contributed by atoms with van der Waals surface area (Å²) in [7, 11) is 0. The van der Waals surface area contributed by atoms with Gasteiger partial charge in [-0.25, -0.2) is 9.50 Å². The van der Waals surface area contributed by atoms with Crippen molar-refractivity contribution in [2.45, 2.75) is 37.8 Å². The average Bonchev–Trinajstić information content (AvgIpc) is 3.01. The molecule has 0 bridgehead atoms. The van der Waals surface area contributed by atoms with E-state index in [4.69, 9.17) is 0 Å². The first-order chi connectivity index (χ1) is 11.3. The number of hydrogen-bond donors (Lipinski definition) is 2. The molecule has 0 unspecified atom stereocenters. The largest absolute Gasteiger partial charge is 0.393 e. The van der Waals surface area contributed by atoms with Crippen molar-refractivity contribution >= 4 is 11.5 Å². The van der Waals surface area contributed by atoms with Crippen molar-refractivity contribution < 1.29 is 5.11 Å². The molecular weight excluding hydrogens is 290 g/mol. The van der Waals surface area contributed by atoms with Crippen molar-refractivity contribution in [2.75, 3.05) is 5.32 Å². The standard InChI is InChI=1S/C17H19N5O/c23-14-5-3-13(4-6-14)20-16-7-8-17-19-11-15(22(17)21-16)12-2-1-9-18-10-12/h1-2,7-11,13-14,23H,3-6H2,(H,20,21)/t13-,14-. The Morgan fingerprint density at radius 1 is 1.09 bits per heavy atom. The van der Waals surface area contributed by atoms with Gasteiger partial charge in [0.1, 0.15) is 5.82 Å². The Morgan fingerprint density at radius 2 is 1.96 bits per heavy atom. The number of nitrogens with zero attached hydrogens (tertiary/aromatic N) is 4. The second-order valence-corrected chi connectivity index (χ2v) is 6.02. The maximum Gasteiger partial charge on any atom is 0.154 e. The van der Waals surface area contributed by atoms with Crippen molar-refractivity contribution in [1.82, 2.24) is 19.6 Å². The quantitative estimate of drug-likeness (QED) is 0.777. The zero-order valence-corrected chi connectivity index (χ0v) is 12.8. The summed E-state index contributed by atoms with van der Waals surface area (Å²) in [6, 6.07) is 8.20. The Morgan fingerprint density at radius 3 is 2.74 bits per heavy atom. The van der Waals surface area contributed by atoms with Crippen molar-refractivity contribution in [1.29, 1.82) is 0 Å². The highest BCUT2D eigenvalue weighted by Gasteiger charge is 2.19. The van der Waals surface area contributed by atoms with Crippen LogP contribution in [0.3, 0.4) is 0 Å². The van der Waals surface area contributed by atoms with Crippen LogP contribution in [0.1, 0.15) is 25.7 Å². The number of aliphatic hydroxyl groups is 1. The third kappa shape index (κ3) is 2.90. The number of aromatic nitrogens is 4. The molecule has 3 aromatic rings. The van der Waals surface area contributed by atoms with Crippen molar-refractivity contribution in [3.8, 4) is 11.3 Å². The zero-order chi connectivity index (χ0) is 15.6. The molecule has 3 aromatic heterocycles. The molecule has 1 saturated carbocycles. The predicted molar refractivity (Wildman–Crippen MR) is 88.1 cm³/mol. The van der Waals surface area contributed by atoms with E-state index in [0.717, 1.165) is 48.4 Å². The minimum absolute atomic E-state index is 0.144. The van der Waals surface area contributed by atoms with Crippen LogP contribution in [0.4, 0.5) is 5.82 Å². The lowest BCUT2D eigenvalue weighted by atomic mass is 9.93. The summed E-state index contributed by atoms with van der Waals surface area (Å²) >= 11 is 0. The summed E-state index contributed by atoms with van der Waals surface area (Å²) < 4.78 is 1.84. The van der Waals surface area contributed by atoms with Crippen molar-refractivity contribution in [2.24, 2.45) is 0 Å². The second kappa shape index (κ2) is 5.96. The topological polar surface area (TPSA) is 75.3 Å². The third-order valence-corrected chi connectivity index (χ3v) is 4.37. The molecule has 0 aliphatic heterocycles. The van der Waals surface area contributed by atoms with Crippen LogP contribution in [-0.2, 0) is 0 Å². The van der Waals surface area contributed by atoms with E-state index in [1.54, 1.807) is 6.20 Å². The summed E-state index contributed by atoms with van der Waals surface area (Å²) in [5.74, 6) is 0.835. The van der Waals surface area contributed by atoms with E-state index in [9.17, 15) is 5.11 Å². The molecule has 23 heavy (non-hydrogen) atoms. The zero-order valence-electron chi connectivity index (χ0n) is 12.8. The summed E-state index contributed by atoms with van der Waals surface area (Å²) in [6.45, 7) is 0. The number of hydrogen-bond acceptors (Lipinski definition) is 5. The van der Waals surface area contributed by atoms with Gasteiger partial charge in [0, 0.05) is 24.0 Å². The predicted octanol–water partition coefficient (Wildman–Crippen LogP) is 2.51. The van der Waals surface area contributed by atoms with Gasteiger partial charge in [-0.05, 0) is 49.9 Å². The fourth-order valence-corrected chi connectivity index (χ4v) is 3.09. The highest BCUT2D eigenvalue weighted by atomic mass is 16.3. The molecule has 1 fully saturated rings. The third-order valence-electron chi connectivity index (χ3n) is 4.37. The molecule has 0 saturated heterocycles. The van der Waals surface area contributed by atoms with Crippen LogP contribution in [-0.4, -0.2) is 36.8 Å². The molecule has 0 aromatic carbocycles. The van der Waals surface area contributed by atoms with E-state index >= 15 is 0 Å². The molecule has 0 spiro atoms. The summed E-state index contributed by atoms with van der Waals surface area (Å²) in [5, 5.41) is 17.8. The van der Waals surface area contributed by atoms with Gasteiger partial charge in [-0.1, -0.05) is 0 Å². The first kappa shape index (κ1) is 14.1. The van der Waals surface area contributed by atoms with Crippen molar-refractivity contribution in [3.63, 3.8) is 0 Å². The highest BCUT2D eigenvalue weighted by molar-refractivity contribution is 5.62. The van der Waals surface area contributed by atoms with Gasteiger partial charge in [-0.2, -0.15) is 0 Å². The Kier molecular flexibility index (Phi) is 3.67. The van der Waals surface area contributed by atoms with Crippen LogP contribution in [0.15, 0.2) is 42.9 Å². The van der Waals surface area contributed by atoms with E-state index in [2.05, 4.69) is 20.4 Å². The SMILES string of the molecule is O[C@H]1CC[C@H](Nc2ccc3ncc(-c4cccnc4)n3n2)CC1. The van der Waals surface area contributed by atoms with Gasteiger partial charge in [-0.3, -0.25) is 4.98 Å². The molecule has 1 aliphatic rings. The van der Waals surface area contributed by atoms with Crippen molar-refractivity contribution in [3.05, 3.63) is 42.9 Å². The van der Waals surface area contributed by atoms with Gasteiger partial charge in [0.15, 0.2) is 5.65 Å². The number of rotatable bonds is 3. The summed E-state index contributed by atoms with van der Waals surface area (Å²) in [5.41, 5.74) is 2.73. The maximum atomic E-state index is 9.61. The van der Waals surface area contributed by atoms with Crippen LogP contribution in [0, 0.1) is 0 Å². The van der Waals surface area contributed by atoms with E-state index in [0.29, 0.717) is 6.04 Å². The van der Waals surface area contributed by atoms with E-state index < -0.39 is 0 Å². The molecule has 2 N–H and O–H groups in total. The Labute approximate surface area is 134 Å². The molecule has 6 nitrogen and oxygen atoms in total. The van der Waals surface area contributed by atoms with Gasteiger partial charge in [-0.15, -0.1) is 5.10 Å². The van der Waals surface area contributed by atoms with Gasteiger partial charge in [0.05, 0.1) is 18.0 Å². The first-order valence-corrected chi connectivity index (χ1v) is 7.99. The lowest BCUT2D eigenvalue weighted by Crippen LogP contribution is -2.28. The van der Waals surface area contributed by atoms with Crippen LogP contribution in [0.5, 0.6) is 0 Å². The average molecular weight is 309 g/mol. The minimum Gasteiger partial charge on any atom is -0.393 e. The van der Waals surface area contributed by atoms with Crippen LogP contribution < -0.4 is 5.32 Å². The van der Waals surface area contributed by atoms with Crippen LogP contribution >= 0.6 is 0 Å². The lowest BCUT2D eigenvalue weighted by molar-refractivity contribution is 0.126. The normalized spacial score (nSPS) is 21.4. The first-order valence-electron chi connectivity index (χ1n) is 7.99. The van der Waals surface area contributed by atoms with E-state index in [1.165, 1.54) is 0 Å². The maximum absolute atomic E-state index is 9.61. The fraction of sp³-hybridized carbons (Fsp3) is 0.353. The summed E-state index contributed by atoms with van der Waals surface area (Å²) in [6.07, 6.45) is 8.89.